The van der Waals surface area contributed by atoms with Crippen LogP contribution in [0.25, 0.3) is 0 Å². The molecule has 0 rings (SSSR count). The third kappa shape index (κ3) is 44.8. The molecule has 2 atom stereocenters. The Labute approximate surface area is 108 Å². The van der Waals surface area contributed by atoms with Gasteiger partial charge in [0.05, 0.1) is 45.2 Å². The van der Waals surface area contributed by atoms with E-state index in [0.717, 1.165) is 0 Å². The van der Waals surface area contributed by atoms with E-state index >= 15 is 0 Å². The topological polar surface area (TPSA) is 131 Å². The van der Waals surface area contributed by atoms with Crippen molar-refractivity contribution in [1.29, 1.82) is 0 Å². The Morgan fingerprint density at radius 2 is 1.17 bits per heavy atom. The molecule has 6 N–H and O–H groups in total. The second-order valence-corrected chi connectivity index (χ2v) is 3.45. The predicted octanol–water partition coefficient (Wildman–Crippen LogP) is -1.90. The molecule has 0 saturated heterocycles. The fraction of sp³-hybridized carbons (Fsp3) is 1.00. The van der Waals surface area contributed by atoms with Gasteiger partial charge in [0.2, 0.25) is 0 Å². The lowest BCUT2D eigenvalue weighted by atomic mass is 10.3. The SMILES string of the molecule is CC(O)CCO.CC(O)CO.OCCOCCO. The van der Waals surface area contributed by atoms with Gasteiger partial charge in [-0.3, -0.25) is 0 Å². The van der Waals surface area contributed by atoms with Gasteiger partial charge in [-0.25, -0.2) is 0 Å². The lowest BCUT2D eigenvalue weighted by Crippen LogP contribution is -2.03. The molecule has 0 bridgehead atoms. The first-order valence-electron chi connectivity index (χ1n) is 5.83. The van der Waals surface area contributed by atoms with Crippen LogP contribution in [0.3, 0.4) is 0 Å². The Bertz CT molecular complexity index is 116. The summed E-state index contributed by atoms with van der Waals surface area (Å²) in [7, 11) is 0. The molecule has 7 heteroatoms. The van der Waals surface area contributed by atoms with Crippen molar-refractivity contribution in [2.75, 3.05) is 39.6 Å². The molecule has 0 radical (unpaired) electrons. The monoisotopic (exact) mass is 272 g/mol. The maximum atomic E-state index is 8.39. The first-order valence-corrected chi connectivity index (χ1v) is 5.83. The smallest absolute Gasteiger partial charge is 0.0742 e. The average Bonchev–Trinajstić information content (AvgIpc) is 2.31. The Hall–Kier alpha value is -0.280. The van der Waals surface area contributed by atoms with Crippen LogP contribution in [0.1, 0.15) is 20.3 Å². The molecule has 114 valence electrons. The quantitative estimate of drug-likeness (QED) is 0.298. The van der Waals surface area contributed by atoms with Crippen molar-refractivity contribution in [1.82, 2.24) is 0 Å². The van der Waals surface area contributed by atoms with Crippen molar-refractivity contribution in [3.63, 3.8) is 0 Å². The highest BCUT2D eigenvalue weighted by molar-refractivity contribution is 4.40. The number of aliphatic hydroxyl groups excluding tert-OH is 6. The van der Waals surface area contributed by atoms with Gasteiger partial charge in [0, 0.05) is 6.61 Å². The molecule has 7 nitrogen and oxygen atoms in total. The first kappa shape index (κ1) is 22.9. The molecular formula is C11H28O7. The van der Waals surface area contributed by atoms with E-state index in [1.54, 1.807) is 6.92 Å². The van der Waals surface area contributed by atoms with Crippen LogP contribution in [0.15, 0.2) is 0 Å². The molecule has 0 aromatic heterocycles. The largest absolute Gasteiger partial charge is 0.396 e. The van der Waals surface area contributed by atoms with Crippen molar-refractivity contribution >= 4 is 0 Å². The zero-order chi connectivity index (χ0) is 14.8. The zero-order valence-corrected chi connectivity index (χ0v) is 11.2. The minimum Gasteiger partial charge on any atom is -0.396 e. The molecule has 0 aliphatic carbocycles. The molecule has 0 aliphatic rings. The lowest BCUT2D eigenvalue weighted by molar-refractivity contribution is 0.0650. The maximum Gasteiger partial charge on any atom is 0.0742 e. The van der Waals surface area contributed by atoms with Gasteiger partial charge in [-0.15, -0.1) is 0 Å². The van der Waals surface area contributed by atoms with Gasteiger partial charge in [0.15, 0.2) is 0 Å². The van der Waals surface area contributed by atoms with Crippen molar-refractivity contribution in [3.8, 4) is 0 Å². The van der Waals surface area contributed by atoms with Gasteiger partial charge < -0.3 is 35.4 Å². The molecule has 0 saturated carbocycles. The van der Waals surface area contributed by atoms with Crippen molar-refractivity contribution in [2.45, 2.75) is 32.5 Å². The van der Waals surface area contributed by atoms with Crippen LogP contribution in [0, 0.1) is 0 Å². The third-order valence-corrected chi connectivity index (χ3v) is 1.28. The standard InChI is InChI=1S/C4H10O3.C4H10O2.C3H8O2/c5-1-3-7-4-2-6;1-4(6)2-3-5;1-3(5)2-4/h5-6H,1-4H2;4-6H,2-3H2,1H3;3-5H,2H2,1H3. The molecule has 0 amide bonds. The summed E-state index contributed by atoms with van der Waals surface area (Å²) in [5, 5.41) is 48.6. The molecule has 18 heavy (non-hydrogen) atoms. The van der Waals surface area contributed by atoms with E-state index in [9.17, 15) is 0 Å². The fourth-order valence-corrected chi connectivity index (χ4v) is 0.418. The minimum absolute atomic E-state index is 0.0278. The van der Waals surface area contributed by atoms with E-state index in [0.29, 0.717) is 19.6 Å². The van der Waals surface area contributed by atoms with Gasteiger partial charge in [0.25, 0.3) is 0 Å². The van der Waals surface area contributed by atoms with E-state index in [1.807, 2.05) is 0 Å². The molecular weight excluding hydrogens is 244 g/mol. The summed E-state index contributed by atoms with van der Waals surface area (Å²) in [4.78, 5) is 0. The van der Waals surface area contributed by atoms with Crippen molar-refractivity contribution in [2.24, 2.45) is 0 Å². The maximum absolute atomic E-state index is 8.39. The number of hydrogen-bond acceptors (Lipinski definition) is 7. The summed E-state index contributed by atoms with van der Waals surface area (Å²) in [6.07, 6.45) is -0.426. The van der Waals surface area contributed by atoms with E-state index in [2.05, 4.69) is 4.74 Å². The minimum atomic E-state index is -0.560. The lowest BCUT2D eigenvalue weighted by Gasteiger charge is -1.95. The first-order chi connectivity index (χ1) is 8.45. The van der Waals surface area contributed by atoms with Gasteiger partial charge >= 0.3 is 0 Å². The van der Waals surface area contributed by atoms with Crippen LogP contribution in [0.4, 0.5) is 0 Å². The van der Waals surface area contributed by atoms with Crippen LogP contribution in [-0.2, 0) is 4.74 Å². The molecule has 0 aromatic rings. The van der Waals surface area contributed by atoms with Crippen LogP contribution in [-0.4, -0.2) is 82.5 Å². The number of rotatable bonds is 7. The van der Waals surface area contributed by atoms with E-state index in [-0.39, 0.29) is 32.5 Å². The van der Waals surface area contributed by atoms with Gasteiger partial charge in [0.1, 0.15) is 0 Å². The zero-order valence-electron chi connectivity index (χ0n) is 11.2. The summed E-state index contributed by atoms with van der Waals surface area (Å²) in [6, 6.07) is 0. The third-order valence-electron chi connectivity index (χ3n) is 1.28. The second kappa shape index (κ2) is 21.9. The molecule has 0 fully saturated rings. The van der Waals surface area contributed by atoms with E-state index < -0.39 is 6.10 Å². The van der Waals surface area contributed by atoms with Crippen LogP contribution < -0.4 is 0 Å². The molecule has 0 aliphatic heterocycles. The highest BCUT2D eigenvalue weighted by Crippen LogP contribution is 1.83. The van der Waals surface area contributed by atoms with Crippen LogP contribution in [0.5, 0.6) is 0 Å². The molecule has 2 unspecified atom stereocenters. The van der Waals surface area contributed by atoms with E-state index in [4.69, 9.17) is 30.6 Å². The van der Waals surface area contributed by atoms with Crippen LogP contribution >= 0.6 is 0 Å². The highest BCUT2D eigenvalue weighted by Gasteiger charge is 1.88. The number of ether oxygens (including phenoxy) is 1. The molecule has 0 spiro atoms. The van der Waals surface area contributed by atoms with Crippen LogP contribution in [0.2, 0.25) is 0 Å². The average molecular weight is 272 g/mol. The predicted molar refractivity (Wildman–Crippen MR) is 67.1 cm³/mol. The van der Waals surface area contributed by atoms with Gasteiger partial charge in [-0.1, -0.05) is 0 Å². The highest BCUT2D eigenvalue weighted by atomic mass is 16.5. The summed E-state index contributed by atoms with van der Waals surface area (Å²) >= 11 is 0. The normalized spacial score (nSPS) is 12.7. The summed E-state index contributed by atoms with van der Waals surface area (Å²) in [5.74, 6) is 0. The fourth-order valence-electron chi connectivity index (χ4n) is 0.418. The number of aliphatic hydroxyl groups is 6. The Balaban J connectivity index is -0.000000190. The Kier molecular flexibility index (Phi) is 27.9. The van der Waals surface area contributed by atoms with Gasteiger partial charge in [-0.05, 0) is 20.3 Å². The summed E-state index contributed by atoms with van der Waals surface area (Å²) in [6.45, 7) is 3.81. The summed E-state index contributed by atoms with van der Waals surface area (Å²) in [5.41, 5.74) is 0. The summed E-state index contributed by atoms with van der Waals surface area (Å²) < 4.78 is 4.63. The van der Waals surface area contributed by atoms with Gasteiger partial charge in [-0.2, -0.15) is 0 Å². The van der Waals surface area contributed by atoms with Crippen molar-refractivity contribution < 1.29 is 35.4 Å². The van der Waals surface area contributed by atoms with Crippen molar-refractivity contribution in [3.05, 3.63) is 0 Å². The Morgan fingerprint density at radius 3 is 1.28 bits per heavy atom. The molecule has 0 heterocycles. The molecule has 0 aromatic carbocycles. The number of hydrogen-bond donors (Lipinski definition) is 6. The Morgan fingerprint density at radius 1 is 0.778 bits per heavy atom. The van der Waals surface area contributed by atoms with E-state index in [1.165, 1.54) is 6.92 Å². The second-order valence-electron chi connectivity index (χ2n) is 3.45.